The summed E-state index contributed by atoms with van der Waals surface area (Å²) in [6.07, 6.45) is -4.07. The van der Waals surface area contributed by atoms with Gasteiger partial charge in [0.2, 0.25) is 0 Å². The lowest BCUT2D eigenvalue weighted by molar-refractivity contribution is -0.136. The molecule has 3 aromatic rings. The second-order valence-corrected chi connectivity index (χ2v) is 7.78. The summed E-state index contributed by atoms with van der Waals surface area (Å²) in [6.45, 7) is 4.26. The van der Waals surface area contributed by atoms with Crippen molar-refractivity contribution in [2.45, 2.75) is 39.0 Å². The van der Waals surface area contributed by atoms with E-state index < -0.39 is 23.8 Å². The van der Waals surface area contributed by atoms with E-state index in [1.54, 1.807) is 31.2 Å². The van der Waals surface area contributed by atoms with Crippen LogP contribution in [0.15, 0.2) is 53.3 Å². The van der Waals surface area contributed by atoms with Gasteiger partial charge >= 0.3 is 12.2 Å². The van der Waals surface area contributed by atoms with Crippen LogP contribution in [0.1, 0.15) is 37.7 Å². The maximum absolute atomic E-state index is 13.4. The zero-order chi connectivity index (χ0) is 24.9. The Morgan fingerprint density at radius 3 is 2.53 bits per heavy atom. The van der Waals surface area contributed by atoms with Crippen molar-refractivity contribution < 1.29 is 22.7 Å². The number of ether oxygens (including phenoxy) is 1. The minimum atomic E-state index is -4.62. The lowest BCUT2D eigenvalue weighted by Crippen LogP contribution is -2.41. The quantitative estimate of drug-likeness (QED) is 0.493. The number of fused-ring (bicyclic) bond motifs is 1. The van der Waals surface area contributed by atoms with Crippen LogP contribution >= 0.6 is 0 Å². The lowest BCUT2D eigenvalue weighted by atomic mass is 10.1. The lowest BCUT2D eigenvalue weighted by Gasteiger charge is -2.30. The highest BCUT2D eigenvalue weighted by atomic mass is 19.4. The fourth-order valence-electron chi connectivity index (χ4n) is 3.78. The third-order valence-electron chi connectivity index (χ3n) is 5.45. The summed E-state index contributed by atoms with van der Waals surface area (Å²) < 4.78 is 46.8. The van der Waals surface area contributed by atoms with Crippen molar-refractivity contribution in [2.75, 3.05) is 25.6 Å². The van der Waals surface area contributed by atoms with E-state index in [2.05, 4.69) is 10.3 Å². The largest absolute Gasteiger partial charge is 0.418 e. The molecule has 1 unspecified atom stereocenters. The van der Waals surface area contributed by atoms with Crippen LogP contribution in [0.5, 0.6) is 0 Å². The monoisotopic (exact) mass is 476 g/mol. The van der Waals surface area contributed by atoms with Gasteiger partial charge < -0.3 is 15.0 Å². The van der Waals surface area contributed by atoms with Crippen LogP contribution in [0.25, 0.3) is 10.9 Å². The number of nitrogens with zero attached hydrogens (tertiary/aromatic N) is 3. The Balaban J connectivity index is 2.03. The maximum Gasteiger partial charge on any atom is 0.418 e. The van der Waals surface area contributed by atoms with Crippen molar-refractivity contribution >= 4 is 22.6 Å². The smallest absolute Gasteiger partial charge is 0.383 e. The topological polar surface area (TPSA) is 76.5 Å². The second kappa shape index (κ2) is 10.7. The van der Waals surface area contributed by atoms with Crippen molar-refractivity contribution in [1.29, 1.82) is 0 Å². The highest BCUT2D eigenvalue weighted by Gasteiger charge is 2.34. The van der Waals surface area contributed by atoms with Crippen molar-refractivity contribution in [3.05, 3.63) is 70.3 Å². The fraction of sp³-hybridized carbons (Fsp3) is 0.375. The van der Waals surface area contributed by atoms with Crippen LogP contribution in [0.4, 0.5) is 23.7 Å². The Bertz CT molecular complexity index is 1210. The van der Waals surface area contributed by atoms with Crippen molar-refractivity contribution in [2.24, 2.45) is 0 Å². The molecule has 0 radical (unpaired) electrons. The molecular formula is C24H27F3N4O3. The number of hydrogen-bond donors (Lipinski definition) is 1. The Labute approximate surface area is 195 Å². The van der Waals surface area contributed by atoms with E-state index in [-0.39, 0.29) is 30.9 Å². The van der Waals surface area contributed by atoms with E-state index in [1.807, 2.05) is 6.92 Å². The van der Waals surface area contributed by atoms with E-state index in [1.165, 1.54) is 34.8 Å². The fourth-order valence-corrected chi connectivity index (χ4v) is 3.78. The van der Waals surface area contributed by atoms with Crippen LogP contribution in [-0.4, -0.2) is 40.7 Å². The summed E-state index contributed by atoms with van der Waals surface area (Å²) in [5.74, 6) is 0.327. The zero-order valence-corrected chi connectivity index (χ0v) is 19.2. The van der Waals surface area contributed by atoms with Gasteiger partial charge in [-0.3, -0.25) is 9.36 Å². The van der Waals surface area contributed by atoms with E-state index in [9.17, 15) is 22.8 Å². The molecule has 2 aromatic carbocycles. The number of amides is 2. The molecule has 1 N–H and O–H groups in total. The van der Waals surface area contributed by atoms with Gasteiger partial charge in [0.05, 0.1) is 41.3 Å². The first-order valence-corrected chi connectivity index (χ1v) is 10.9. The number of methoxy groups -OCH3 is 1. The molecule has 1 aromatic heterocycles. The maximum atomic E-state index is 13.4. The van der Waals surface area contributed by atoms with Gasteiger partial charge in [-0.05, 0) is 37.6 Å². The predicted molar refractivity (Wildman–Crippen MR) is 124 cm³/mol. The first-order chi connectivity index (χ1) is 16.2. The molecule has 0 saturated heterocycles. The minimum absolute atomic E-state index is 0.214. The van der Waals surface area contributed by atoms with E-state index in [4.69, 9.17) is 4.74 Å². The number of benzene rings is 2. The average molecular weight is 476 g/mol. The molecule has 34 heavy (non-hydrogen) atoms. The molecule has 0 bridgehead atoms. The van der Waals surface area contributed by atoms with Gasteiger partial charge in [-0.15, -0.1) is 0 Å². The van der Waals surface area contributed by atoms with Crippen LogP contribution in [0.2, 0.25) is 0 Å². The van der Waals surface area contributed by atoms with Gasteiger partial charge in [0.1, 0.15) is 5.82 Å². The average Bonchev–Trinajstić information content (AvgIpc) is 2.81. The Kier molecular flexibility index (Phi) is 7.93. The highest BCUT2D eigenvalue weighted by molar-refractivity contribution is 5.90. The van der Waals surface area contributed by atoms with Crippen molar-refractivity contribution in [3.63, 3.8) is 0 Å². The molecule has 2 amide bonds. The number of para-hydroxylation sites is 2. The molecule has 1 atom stereocenters. The number of alkyl halides is 3. The Morgan fingerprint density at radius 2 is 1.85 bits per heavy atom. The van der Waals surface area contributed by atoms with Crippen molar-refractivity contribution in [1.82, 2.24) is 14.5 Å². The molecule has 182 valence electrons. The Morgan fingerprint density at radius 1 is 1.18 bits per heavy atom. The zero-order valence-electron chi connectivity index (χ0n) is 19.2. The summed E-state index contributed by atoms with van der Waals surface area (Å²) in [5, 5.41) is 2.82. The number of halogens is 3. The number of hydrogen-bond acceptors (Lipinski definition) is 4. The minimum Gasteiger partial charge on any atom is -0.383 e. The third kappa shape index (κ3) is 5.39. The standard InChI is InChI=1S/C24H27F3N4O3/c1-4-13-30(23(33)29-20-12-8-6-10-18(20)24(25,26)27)16(2)21-28-19-11-7-5-9-17(19)22(32)31(21)14-15-34-3/h5-12,16H,4,13-15H2,1-3H3,(H,29,33). The summed E-state index contributed by atoms with van der Waals surface area (Å²) in [4.78, 5) is 32.4. The van der Waals surface area contributed by atoms with E-state index in [0.717, 1.165) is 6.07 Å². The second-order valence-electron chi connectivity index (χ2n) is 7.78. The van der Waals surface area contributed by atoms with Crippen molar-refractivity contribution in [3.8, 4) is 0 Å². The molecule has 0 aliphatic heterocycles. The number of nitrogens with one attached hydrogen (secondary N) is 1. The molecular weight excluding hydrogens is 449 g/mol. The number of carbonyl (C=O) groups is 1. The van der Waals surface area contributed by atoms with E-state index in [0.29, 0.717) is 23.1 Å². The van der Waals surface area contributed by atoms with Gasteiger partial charge in [-0.25, -0.2) is 9.78 Å². The SMILES string of the molecule is CCCN(C(=O)Nc1ccccc1C(F)(F)F)C(C)c1nc2ccccc2c(=O)n1CCOC. The third-order valence-corrected chi connectivity index (χ3v) is 5.45. The number of aromatic nitrogens is 2. The summed E-state index contributed by atoms with van der Waals surface area (Å²) in [7, 11) is 1.51. The van der Waals surface area contributed by atoms with Gasteiger partial charge in [-0.2, -0.15) is 13.2 Å². The van der Waals surface area contributed by atoms with Crippen LogP contribution in [-0.2, 0) is 17.5 Å². The van der Waals surface area contributed by atoms with Gasteiger partial charge in [0.25, 0.3) is 5.56 Å². The predicted octanol–water partition coefficient (Wildman–Crippen LogP) is 5.07. The van der Waals surface area contributed by atoms with Gasteiger partial charge in [0, 0.05) is 13.7 Å². The summed E-state index contributed by atoms with van der Waals surface area (Å²) >= 11 is 0. The Hall–Kier alpha value is -3.40. The molecule has 10 heteroatoms. The molecule has 0 aliphatic rings. The molecule has 3 rings (SSSR count). The van der Waals surface area contributed by atoms with Gasteiger partial charge in [-0.1, -0.05) is 31.2 Å². The summed E-state index contributed by atoms with van der Waals surface area (Å²) in [6, 6.07) is 10.3. The number of urea groups is 1. The number of carbonyl (C=O) groups excluding carboxylic acids is 1. The van der Waals surface area contributed by atoms with Crippen LogP contribution < -0.4 is 10.9 Å². The molecule has 7 nitrogen and oxygen atoms in total. The summed E-state index contributed by atoms with van der Waals surface area (Å²) in [5.41, 5.74) is -1.07. The number of rotatable bonds is 8. The van der Waals surface area contributed by atoms with Crippen LogP contribution in [0.3, 0.4) is 0 Å². The van der Waals surface area contributed by atoms with Gasteiger partial charge in [0.15, 0.2) is 0 Å². The first kappa shape index (κ1) is 25.2. The molecule has 0 aliphatic carbocycles. The molecule has 1 heterocycles. The van der Waals surface area contributed by atoms with E-state index >= 15 is 0 Å². The van der Waals surface area contributed by atoms with Crippen LogP contribution in [0, 0.1) is 0 Å². The molecule has 0 saturated carbocycles. The number of anilines is 1. The first-order valence-electron chi connectivity index (χ1n) is 10.9. The highest BCUT2D eigenvalue weighted by Crippen LogP contribution is 2.35. The normalized spacial score (nSPS) is 12.5. The molecule has 0 spiro atoms. The molecule has 0 fully saturated rings.